The van der Waals surface area contributed by atoms with Crippen LogP contribution in [0.3, 0.4) is 0 Å². The number of hydrogen-bond acceptors (Lipinski definition) is 4. The summed E-state index contributed by atoms with van der Waals surface area (Å²) in [6, 6.07) is 3.43. The van der Waals surface area contributed by atoms with Crippen LogP contribution < -0.4 is 15.8 Å². The number of sulfonamides is 1. The number of carbonyl (C=O) groups excluding carboxylic acids is 1. The number of nitrogen functional groups attached to an aromatic ring is 1. The highest BCUT2D eigenvalue weighted by molar-refractivity contribution is 7.89. The Morgan fingerprint density at radius 1 is 1.26 bits per heavy atom. The van der Waals surface area contributed by atoms with Gasteiger partial charge in [0.1, 0.15) is 0 Å². The lowest BCUT2D eigenvalue weighted by molar-refractivity contribution is 0.0955. The lowest BCUT2D eigenvalue weighted by atomic mass is 10.0. The van der Waals surface area contributed by atoms with Gasteiger partial charge in [0.15, 0.2) is 0 Å². The van der Waals surface area contributed by atoms with Crippen LogP contribution in [0.15, 0.2) is 12.1 Å². The number of anilines is 1. The Bertz CT molecular complexity index is 582. The van der Waals surface area contributed by atoms with Gasteiger partial charge in [0.05, 0.1) is 5.75 Å². The van der Waals surface area contributed by atoms with E-state index in [-0.39, 0.29) is 18.2 Å². The van der Waals surface area contributed by atoms with Crippen molar-refractivity contribution in [3.05, 3.63) is 28.8 Å². The zero-order valence-corrected chi connectivity index (χ0v) is 12.1. The van der Waals surface area contributed by atoms with Crippen molar-refractivity contribution in [3.8, 4) is 0 Å². The van der Waals surface area contributed by atoms with Crippen molar-refractivity contribution < 1.29 is 13.2 Å². The van der Waals surface area contributed by atoms with E-state index in [9.17, 15) is 13.2 Å². The molecule has 6 nitrogen and oxygen atoms in total. The Morgan fingerprint density at radius 2 is 1.89 bits per heavy atom. The largest absolute Gasteiger partial charge is 0.398 e. The van der Waals surface area contributed by atoms with Crippen molar-refractivity contribution in [1.29, 1.82) is 0 Å². The van der Waals surface area contributed by atoms with Crippen LogP contribution in [0, 0.1) is 13.8 Å². The summed E-state index contributed by atoms with van der Waals surface area (Å²) in [5.41, 5.74) is 8.48. The Balaban J connectivity index is 2.72. The second-order valence-electron chi connectivity index (χ2n) is 4.30. The molecule has 0 aliphatic carbocycles. The van der Waals surface area contributed by atoms with Gasteiger partial charge in [0.25, 0.3) is 5.91 Å². The maximum absolute atomic E-state index is 11.9. The summed E-state index contributed by atoms with van der Waals surface area (Å²) in [5.74, 6) is -0.481. The molecule has 19 heavy (non-hydrogen) atoms. The maximum Gasteiger partial charge on any atom is 0.251 e. The van der Waals surface area contributed by atoms with Gasteiger partial charge in [0.2, 0.25) is 10.0 Å². The Kier molecular flexibility index (Phi) is 4.90. The molecule has 1 amide bonds. The fourth-order valence-corrected chi connectivity index (χ4v) is 2.18. The second kappa shape index (κ2) is 6.03. The summed E-state index contributed by atoms with van der Waals surface area (Å²) in [4.78, 5) is 11.9. The van der Waals surface area contributed by atoms with E-state index < -0.39 is 10.0 Å². The van der Waals surface area contributed by atoms with Crippen molar-refractivity contribution in [1.82, 2.24) is 10.0 Å². The molecule has 0 saturated carbocycles. The first-order valence-corrected chi connectivity index (χ1v) is 7.48. The van der Waals surface area contributed by atoms with Crippen LogP contribution in [-0.4, -0.2) is 33.7 Å². The lowest BCUT2D eigenvalue weighted by Gasteiger charge is -2.10. The number of benzene rings is 1. The molecule has 0 bridgehead atoms. The number of rotatable bonds is 5. The van der Waals surface area contributed by atoms with E-state index in [1.165, 1.54) is 7.05 Å². The van der Waals surface area contributed by atoms with Gasteiger partial charge < -0.3 is 11.1 Å². The molecule has 0 aliphatic rings. The minimum atomic E-state index is -3.31. The third-order valence-electron chi connectivity index (χ3n) is 2.83. The standard InChI is InChI=1S/C12H19N3O3S/c1-8-6-9(2)11(13)7-10(8)12(16)15-4-5-19(17,18)14-3/h6-7,14H,4-5,13H2,1-3H3,(H,15,16). The molecule has 7 heteroatoms. The van der Waals surface area contributed by atoms with E-state index in [0.717, 1.165) is 11.1 Å². The summed E-state index contributed by atoms with van der Waals surface area (Å²) < 4.78 is 24.6. The normalized spacial score (nSPS) is 11.3. The van der Waals surface area contributed by atoms with Gasteiger partial charge in [-0.25, -0.2) is 13.1 Å². The molecule has 1 aromatic rings. The third-order valence-corrected chi connectivity index (χ3v) is 4.19. The fourth-order valence-electron chi connectivity index (χ4n) is 1.61. The van der Waals surface area contributed by atoms with E-state index in [1.807, 2.05) is 19.9 Å². The smallest absolute Gasteiger partial charge is 0.251 e. The van der Waals surface area contributed by atoms with E-state index in [4.69, 9.17) is 5.73 Å². The molecule has 4 N–H and O–H groups in total. The Morgan fingerprint density at radius 3 is 2.47 bits per heavy atom. The van der Waals surface area contributed by atoms with Crippen LogP contribution in [0.5, 0.6) is 0 Å². The highest BCUT2D eigenvalue weighted by atomic mass is 32.2. The quantitative estimate of drug-likeness (QED) is 0.671. The van der Waals surface area contributed by atoms with Crippen molar-refractivity contribution in [2.24, 2.45) is 0 Å². The summed E-state index contributed by atoms with van der Waals surface area (Å²) in [6.45, 7) is 3.73. The van der Waals surface area contributed by atoms with Crippen LogP contribution in [-0.2, 0) is 10.0 Å². The zero-order valence-electron chi connectivity index (χ0n) is 11.3. The SMILES string of the molecule is CNS(=O)(=O)CCNC(=O)c1cc(N)c(C)cc1C. The van der Waals surface area contributed by atoms with Crippen LogP contribution in [0.1, 0.15) is 21.5 Å². The topological polar surface area (TPSA) is 101 Å². The Labute approximate surface area is 113 Å². The number of aryl methyl sites for hydroxylation is 2. The molecular weight excluding hydrogens is 266 g/mol. The Hall–Kier alpha value is -1.60. The van der Waals surface area contributed by atoms with Crippen molar-refractivity contribution >= 4 is 21.6 Å². The first kappa shape index (κ1) is 15.5. The van der Waals surface area contributed by atoms with Crippen molar-refractivity contribution in [2.75, 3.05) is 25.1 Å². The van der Waals surface area contributed by atoms with Crippen LogP contribution in [0.4, 0.5) is 5.69 Å². The lowest BCUT2D eigenvalue weighted by Crippen LogP contribution is -2.33. The molecule has 0 heterocycles. The molecule has 0 radical (unpaired) electrons. The first-order chi connectivity index (χ1) is 8.76. The van der Waals surface area contributed by atoms with Crippen LogP contribution >= 0.6 is 0 Å². The molecule has 1 aromatic carbocycles. The summed E-state index contributed by atoms with van der Waals surface area (Å²) in [5, 5.41) is 2.56. The number of nitrogens with one attached hydrogen (secondary N) is 2. The zero-order chi connectivity index (χ0) is 14.6. The average molecular weight is 285 g/mol. The monoisotopic (exact) mass is 285 g/mol. The molecule has 0 aromatic heterocycles. The van der Waals surface area contributed by atoms with Gasteiger partial charge in [0, 0.05) is 17.8 Å². The van der Waals surface area contributed by atoms with Gasteiger partial charge in [-0.05, 0) is 38.1 Å². The van der Waals surface area contributed by atoms with E-state index in [0.29, 0.717) is 11.3 Å². The predicted molar refractivity (Wildman–Crippen MR) is 75.5 cm³/mol. The minimum Gasteiger partial charge on any atom is -0.398 e. The van der Waals surface area contributed by atoms with Crippen molar-refractivity contribution in [2.45, 2.75) is 13.8 Å². The van der Waals surface area contributed by atoms with E-state index in [2.05, 4.69) is 10.0 Å². The number of hydrogen-bond donors (Lipinski definition) is 3. The number of amides is 1. The molecule has 106 valence electrons. The number of carbonyl (C=O) groups is 1. The molecule has 0 fully saturated rings. The van der Waals surface area contributed by atoms with Gasteiger partial charge >= 0.3 is 0 Å². The highest BCUT2D eigenvalue weighted by Crippen LogP contribution is 2.17. The van der Waals surface area contributed by atoms with Gasteiger partial charge in [-0.2, -0.15) is 0 Å². The third kappa shape index (κ3) is 4.22. The number of nitrogens with two attached hydrogens (primary N) is 1. The van der Waals surface area contributed by atoms with Gasteiger partial charge in [-0.3, -0.25) is 4.79 Å². The van der Waals surface area contributed by atoms with E-state index >= 15 is 0 Å². The minimum absolute atomic E-state index is 0.0508. The van der Waals surface area contributed by atoms with Crippen molar-refractivity contribution in [3.63, 3.8) is 0 Å². The van der Waals surface area contributed by atoms with Gasteiger partial charge in [-0.15, -0.1) is 0 Å². The maximum atomic E-state index is 11.9. The second-order valence-corrected chi connectivity index (χ2v) is 6.35. The van der Waals surface area contributed by atoms with Crippen LogP contribution in [0.2, 0.25) is 0 Å². The molecule has 0 saturated heterocycles. The molecular formula is C12H19N3O3S. The molecule has 0 aliphatic heterocycles. The summed E-state index contributed by atoms with van der Waals surface area (Å²) in [6.07, 6.45) is 0. The first-order valence-electron chi connectivity index (χ1n) is 5.83. The fraction of sp³-hybridized carbons (Fsp3) is 0.417. The molecule has 0 unspecified atom stereocenters. The van der Waals surface area contributed by atoms with E-state index in [1.54, 1.807) is 6.07 Å². The van der Waals surface area contributed by atoms with Gasteiger partial charge in [-0.1, -0.05) is 6.07 Å². The molecule has 1 rings (SSSR count). The summed E-state index contributed by atoms with van der Waals surface area (Å²) in [7, 11) is -1.98. The molecule has 0 atom stereocenters. The molecule has 0 spiro atoms. The predicted octanol–water partition coefficient (Wildman–Crippen LogP) is 0.165. The average Bonchev–Trinajstić information content (AvgIpc) is 2.33. The highest BCUT2D eigenvalue weighted by Gasteiger charge is 2.12. The summed E-state index contributed by atoms with van der Waals surface area (Å²) >= 11 is 0. The van der Waals surface area contributed by atoms with Crippen LogP contribution in [0.25, 0.3) is 0 Å².